The molecule has 1 aliphatic rings. The lowest BCUT2D eigenvalue weighted by molar-refractivity contribution is 0.101. The van der Waals surface area contributed by atoms with Crippen molar-refractivity contribution in [2.75, 3.05) is 7.11 Å². The molecule has 0 saturated carbocycles. The van der Waals surface area contributed by atoms with Gasteiger partial charge in [-0.2, -0.15) is 0 Å². The number of aromatic hydroxyl groups is 1. The summed E-state index contributed by atoms with van der Waals surface area (Å²) in [6, 6.07) is 15.1. The van der Waals surface area contributed by atoms with Crippen LogP contribution in [-0.4, -0.2) is 28.4 Å². The van der Waals surface area contributed by atoms with Crippen LogP contribution in [0.5, 0.6) is 11.6 Å². The van der Waals surface area contributed by atoms with E-state index in [0.717, 1.165) is 28.4 Å². The summed E-state index contributed by atoms with van der Waals surface area (Å²) in [6.45, 7) is 2.69. The average molecular weight is 453 g/mol. The van der Waals surface area contributed by atoms with Crippen molar-refractivity contribution in [2.24, 2.45) is 4.99 Å². The maximum Gasteiger partial charge on any atom is 0.280 e. The van der Waals surface area contributed by atoms with Gasteiger partial charge in [0.2, 0.25) is 5.88 Å². The first-order valence-electron chi connectivity index (χ1n) is 9.55. The quantitative estimate of drug-likeness (QED) is 0.542. The van der Waals surface area contributed by atoms with Crippen LogP contribution in [0.25, 0.3) is 11.3 Å². The van der Waals surface area contributed by atoms with Crippen molar-refractivity contribution in [3.63, 3.8) is 0 Å². The number of hydrogen-bond acceptors (Lipinski definition) is 3. The number of unbranched alkanes of at least 4 members (excludes halogenated alkanes) is 1. The van der Waals surface area contributed by atoms with Gasteiger partial charge in [0.15, 0.2) is 0 Å². The number of carbonyl (C=O) groups is 1. The number of methoxy groups -OCH3 is 1. The zero-order valence-electron chi connectivity index (χ0n) is 16.3. The van der Waals surface area contributed by atoms with Crippen LogP contribution in [0.15, 0.2) is 58.0 Å². The SMILES string of the molecule is CCCCn1c(O)c2c(c1-c1ccccc1OC)C(=O)N=C2c1ccc(Br)cc1. The largest absolute Gasteiger partial charge is 0.496 e. The molecule has 0 radical (unpaired) electrons. The van der Waals surface area contributed by atoms with Crippen molar-refractivity contribution >= 4 is 27.5 Å². The Morgan fingerprint density at radius 1 is 1.10 bits per heavy atom. The molecular weight excluding hydrogens is 432 g/mol. The van der Waals surface area contributed by atoms with Gasteiger partial charge in [0.1, 0.15) is 5.75 Å². The first-order valence-corrected chi connectivity index (χ1v) is 10.3. The van der Waals surface area contributed by atoms with Crippen molar-refractivity contribution in [1.82, 2.24) is 4.57 Å². The number of aliphatic imine (C=N–C) groups is 1. The highest BCUT2D eigenvalue weighted by atomic mass is 79.9. The number of hydrogen-bond donors (Lipinski definition) is 1. The van der Waals surface area contributed by atoms with Gasteiger partial charge in [0.25, 0.3) is 5.91 Å². The number of amides is 1. The topological polar surface area (TPSA) is 63.8 Å². The second-order valence-electron chi connectivity index (χ2n) is 6.90. The molecule has 0 fully saturated rings. The molecular formula is C23H21BrN2O3. The van der Waals surface area contributed by atoms with Crippen LogP contribution in [0.1, 0.15) is 41.3 Å². The minimum Gasteiger partial charge on any atom is -0.496 e. The highest BCUT2D eigenvalue weighted by Gasteiger charge is 2.36. The van der Waals surface area contributed by atoms with Crippen molar-refractivity contribution in [3.05, 3.63) is 69.7 Å². The molecule has 2 heterocycles. The predicted octanol–water partition coefficient (Wildman–Crippen LogP) is 5.42. The Kier molecular flexibility index (Phi) is 5.28. The Morgan fingerprint density at radius 3 is 2.52 bits per heavy atom. The standard InChI is InChI=1S/C23H21BrN2O3/c1-3-4-13-26-21(16-7-5-6-8-17(16)29-2)19-18(23(26)28)20(25-22(19)27)14-9-11-15(24)12-10-14/h5-12,28H,3-4,13H2,1-2H3. The number of aromatic nitrogens is 1. The van der Waals surface area contributed by atoms with Crippen LogP contribution in [-0.2, 0) is 6.54 Å². The summed E-state index contributed by atoms with van der Waals surface area (Å²) in [5, 5.41) is 11.2. The third-order valence-electron chi connectivity index (χ3n) is 5.12. The van der Waals surface area contributed by atoms with Gasteiger partial charge in [0, 0.05) is 22.1 Å². The van der Waals surface area contributed by atoms with Crippen LogP contribution < -0.4 is 4.74 Å². The third kappa shape index (κ3) is 3.27. The minimum absolute atomic E-state index is 0.0712. The number of halogens is 1. The summed E-state index contributed by atoms with van der Waals surface area (Å²) in [7, 11) is 1.60. The molecule has 0 aliphatic carbocycles. The normalized spacial score (nSPS) is 12.8. The van der Waals surface area contributed by atoms with E-state index in [9.17, 15) is 9.90 Å². The summed E-state index contributed by atoms with van der Waals surface area (Å²) < 4.78 is 8.29. The summed E-state index contributed by atoms with van der Waals surface area (Å²) in [4.78, 5) is 17.3. The number of benzene rings is 2. The molecule has 0 atom stereocenters. The molecule has 1 aromatic heterocycles. The van der Waals surface area contributed by atoms with Gasteiger partial charge in [-0.15, -0.1) is 0 Å². The smallest absolute Gasteiger partial charge is 0.280 e. The van der Waals surface area contributed by atoms with E-state index in [1.807, 2.05) is 53.1 Å². The molecule has 4 rings (SSSR count). The van der Waals surface area contributed by atoms with E-state index in [0.29, 0.717) is 34.8 Å². The number of rotatable bonds is 6. The first-order chi connectivity index (χ1) is 14.1. The Labute approximate surface area is 177 Å². The van der Waals surface area contributed by atoms with Gasteiger partial charge in [-0.3, -0.25) is 4.79 Å². The number of carbonyl (C=O) groups excluding carboxylic acids is 1. The zero-order chi connectivity index (χ0) is 20.5. The van der Waals surface area contributed by atoms with Gasteiger partial charge in [-0.25, -0.2) is 4.99 Å². The average Bonchev–Trinajstić information content (AvgIpc) is 3.22. The molecule has 0 bridgehead atoms. The Bertz CT molecular complexity index is 1110. The van der Waals surface area contributed by atoms with E-state index >= 15 is 0 Å². The molecule has 5 nitrogen and oxygen atoms in total. The molecule has 3 aromatic rings. The van der Waals surface area contributed by atoms with Gasteiger partial charge in [0.05, 0.1) is 29.6 Å². The van der Waals surface area contributed by atoms with Crippen molar-refractivity contribution in [2.45, 2.75) is 26.3 Å². The molecule has 0 saturated heterocycles. The zero-order valence-corrected chi connectivity index (χ0v) is 17.9. The summed E-state index contributed by atoms with van der Waals surface area (Å²) in [6.07, 6.45) is 1.84. The minimum atomic E-state index is -0.343. The van der Waals surface area contributed by atoms with Crippen LogP contribution in [0.2, 0.25) is 0 Å². The van der Waals surface area contributed by atoms with Gasteiger partial charge < -0.3 is 14.4 Å². The summed E-state index contributed by atoms with van der Waals surface area (Å²) in [5.74, 6) is 0.377. The molecule has 1 amide bonds. The van der Waals surface area contributed by atoms with Gasteiger partial charge >= 0.3 is 0 Å². The molecule has 6 heteroatoms. The molecule has 1 N–H and O–H groups in total. The second-order valence-corrected chi connectivity index (χ2v) is 7.82. The molecule has 29 heavy (non-hydrogen) atoms. The lowest BCUT2D eigenvalue weighted by atomic mass is 10.00. The van der Waals surface area contributed by atoms with Crippen LogP contribution >= 0.6 is 15.9 Å². The van der Waals surface area contributed by atoms with E-state index in [1.165, 1.54) is 0 Å². The van der Waals surface area contributed by atoms with E-state index in [-0.39, 0.29) is 11.8 Å². The van der Waals surface area contributed by atoms with E-state index < -0.39 is 0 Å². The van der Waals surface area contributed by atoms with E-state index in [1.54, 1.807) is 7.11 Å². The fourth-order valence-corrected chi connectivity index (χ4v) is 3.99. The Morgan fingerprint density at radius 2 is 1.83 bits per heavy atom. The molecule has 0 unspecified atom stereocenters. The molecule has 0 spiro atoms. The van der Waals surface area contributed by atoms with E-state index in [4.69, 9.17) is 4.74 Å². The predicted molar refractivity (Wildman–Crippen MR) is 117 cm³/mol. The Hall–Kier alpha value is -2.86. The summed E-state index contributed by atoms with van der Waals surface area (Å²) >= 11 is 3.43. The van der Waals surface area contributed by atoms with Crippen molar-refractivity contribution < 1.29 is 14.6 Å². The lowest BCUT2D eigenvalue weighted by Crippen LogP contribution is -2.05. The number of fused-ring (bicyclic) bond motifs is 1. The maximum atomic E-state index is 13.0. The molecule has 2 aromatic carbocycles. The number of para-hydroxylation sites is 1. The molecule has 1 aliphatic heterocycles. The van der Waals surface area contributed by atoms with Crippen molar-refractivity contribution in [3.8, 4) is 22.9 Å². The number of nitrogens with zero attached hydrogens (tertiary/aromatic N) is 2. The highest BCUT2D eigenvalue weighted by Crippen LogP contribution is 2.43. The monoisotopic (exact) mass is 452 g/mol. The van der Waals surface area contributed by atoms with Crippen LogP contribution in [0.4, 0.5) is 0 Å². The maximum absolute atomic E-state index is 13.0. The van der Waals surface area contributed by atoms with Gasteiger partial charge in [-0.05, 0) is 30.7 Å². The second kappa shape index (κ2) is 7.87. The van der Waals surface area contributed by atoms with Crippen molar-refractivity contribution in [1.29, 1.82) is 0 Å². The molecule has 148 valence electrons. The first kappa shape index (κ1) is 19.5. The highest BCUT2D eigenvalue weighted by molar-refractivity contribution is 9.10. The number of ether oxygens (including phenoxy) is 1. The van der Waals surface area contributed by atoms with E-state index in [2.05, 4.69) is 27.8 Å². The fraction of sp³-hybridized carbons (Fsp3) is 0.217. The lowest BCUT2D eigenvalue weighted by Gasteiger charge is -2.14. The fourth-order valence-electron chi connectivity index (χ4n) is 3.72. The van der Waals surface area contributed by atoms with Crippen LogP contribution in [0.3, 0.4) is 0 Å². The third-order valence-corrected chi connectivity index (χ3v) is 5.64. The van der Waals surface area contributed by atoms with Gasteiger partial charge in [-0.1, -0.05) is 53.5 Å². The summed E-state index contributed by atoms with van der Waals surface area (Å²) in [5.41, 5.74) is 3.64. The Balaban J connectivity index is 1.97. The van der Waals surface area contributed by atoms with Crippen LogP contribution in [0, 0.1) is 0 Å².